The zero-order chi connectivity index (χ0) is 16.4. The molecular weight excluding hydrogens is 334 g/mol. The van der Waals surface area contributed by atoms with Gasteiger partial charge in [0.2, 0.25) is 16.0 Å². The van der Waals surface area contributed by atoms with Crippen molar-refractivity contribution < 1.29 is 8.42 Å². The van der Waals surface area contributed by atoms with Crippen molar-refractivity contribution in [1.29, 1.82) is 0 Å². The van der Waals surface area contributed by atoms with Crippen molar-refractivity contribution in [2.75, 3.05) is 5.32 Å². The van der Waals surface area contributed by atoms with E-state index in [-0.39, 0.29) is 4.90 Å². The van der Waals surface area contributed by atoms with Crippen molar-refractivity contribution in [3.63, 3.8) is 0 Å². The summed E-state index contributed by atoms with van der Waals surface area (Å²) in [4.78, 5) is 13.6. The Bertz CT molecular complexity index is 922. The minimum Gasteiger partial charge on any atom is -0.300 e. The molecule has 0 saturated carbocycles. The van der Waals surface area contributed by atoms with E-state index in [0.717, 1.165) is 16.1 Å². The first kappa shape index (κ1) is 15.5. The van der Waals surface area contributed by atoms with Crippen LogP contribution in [0.15, 0.2) is 47.6 Å². The van der Waals surface area contributed by atoms with Gasteiger partial charge in [0, 0.05) is 12.4 Å². The van der Waals surface area contributed by atoms with E-state index < -0.39 is 10.0 Å². The molecule has 3 rings (SSSR count). The minimum absolute atomic E-state index is 0.0828. The number of benzene rings is 1. The number of anilines is 2. The third-order valence-corrected chi connectivity index (χ3v) is 5.08. The molecule has 2 aromatic heterocycles. The van der Waals surface area contributed by atoms with E-state index in [0.29, 0.717) is 11.1 Å². The average molecular weight is 347 g/mol. The van der Waals surface area contributed by atoms with Gasteiger partial charge in [-0.05, 0) is 30.7 Å². The minimum atomic E-state index is -3.69. The van der Waals surface area contributed by atoms with E-state index in [1.807, 2.05) is 6.92 Å². The van der Waals surface area contributed by atoms with Crippen molar-refractivity contribution >= 4 is 32.4 Å². The van der Waals surface area contributed by atoms with Crippen LogP contribution in [0.1, 0.15) is 5.69 Å². The van der Waals surface area contributed by atoms with Gasteiger partial charge in [0.15, 0.2) is 5.13 Å². The first-order chi connectivity index (χ1) is 10.9. The van der Waals surface area contributed by atoms with E-state index in [1.165, 1.54) is 23.5 Å². The molecule has 3 N–H and O–H groups in total. The van der Waals surface area contributed by atoms with E-state index in [4.69, 9.17) is 5.14 Å². The Morgan fingerprint density at radius 1 is 1.13 bits per heavy atom. The number of nitrogens with one attached hydrogen (secondary N) is 1. The number of sulfonamides is 1. The predicted molar refractivity (Wildman–Crippen MR) is 89.0 cm³/mol. The number of nitrogens with two attached hydrogens (primary N) is 1. The van der Waals surface area contributed by atoms with Crippen molar-refractivity contribution in [2.45, 2.75) is 11.8 Å². The van der Waals surface area contributed by atoms with Gasteiger partial charge in [-0.1, -0.05) is 23.5 Å². The van der Waals surface area contributed by atoms with Crippen LogP contribution in [0, 0.1) is 6.92 Å². The van der Waals surface area contributed by atoms with Crippen LogP contribution in [-0.2, 0) is 10.0 Å². The van der Waals surface area contributed by atoms with Crippen LogP contribution < -0.4 is 10.5 Å². The SMILES string of the molecule is Cc1nc(Nc2ncccn2)sc1-c1ccc(S(N)(=O)=O)cc1. The van der Waals surface area contributed by atoms with E-state index >= 15 is 0 Å². The molecule has 1 aromatic carbocycles. The van der Waals surface area contributed by atoms with Gasteiger partial charge in [-0.25, -0.2) is 28.5 Å². The number of rotatable bonds is 4. The molecule has 0 bridgehead atoms. The molecule has 0 unspecified atom stereocenters. The van der Waals surface area contributed by atoms with E-state index in [9.17, 15) is 8.42 Å². The summed E-state index contributed by atoms with van der Waals surface area (Å²) in [5, 5.41) is 8.81. The molecule has 0 aliphatic rings. The largest absolute Gasteiger partial charge is 0.300 e. The molecule has 0 aliphatic heterocycles. The highest BCUT2D eigenvalue weighted by molar-refractivity contribution is 7.89. The Morgan fingerprint density at radius 3 is 2.39 bits per heavy atom. The maximum absolute atomic E-state index is 11.3. The molecule has 118 valence electrons. The summed E-state index contributed by atoms with van der Waals surface area (Å²) in [7, 11) is -3.69. The fraction of sp³-hybridized carbons (Fsp3) is 0.0714. The molecule has 0 atom stereocenters. The lowest BCUT2D eigenvalue weighted by atomic mass is 10.2. The molecule has 23 heavy (non-hydrogen) atoms. The number of nitrogens with zero attached hydrogens (tertiary/aromatic N) is 3. The highest BCUT2D eigenvalue weighted by Gasteiger charge is 2.12. The van der Waals surface area contributed by atoms with E-state index in [1.54, 1.807) is 30.6 Å². The second-order valence-electron chi connectivity index (χ2n) is 4.70. The number of hydrogen-bond donors (Lipinski definition) is 2. The van der Waals surface area contributed by atoms with Gasteiger partial charge < -0.3 is 5.32 Å². The molecule has 3 aromatic rings. The summed E-state index contributed by atoms with van der Waals surface area (Å²) in [6.45, 7) is 1.89. The van der Waals surface area contributed by atoms with Crippen LogP contribution >= 0.6 is 11.3 Å². The Kier molecular flexibility index (Phi) is 4.07. The van der Waals surface area contributed by atoms with Crippen LogP contribution in [0.4, 0.5) is 11.1 Å². The summed E-state index contributed by atoms with van der Waals surface area (Å²) < 4.78 is 22.6. The summed E-state index contributed by atoms with van der Waals surface area (Å²) in [6.07, 6.45) is 3.28. The molecule has 0 amide bonds. The van der Waals surface area contributed by atoms with Crippen molar-refractivity contribution in [1.82, 2.24) is 15.0 Å². The highest BCUT2D eigenvalue weighted by atomic mass is 32.2. The maximum atomic E-state index is 11.3. The first-order valence-electron chi connectivity index (χ1n) is 6.58. The zero-order valence-electron chi connectivity index (χ0n) is 12.1. The van der Waals surface area contributed by atoms with Gasteiger partial charge in [0.25, 0.3) is 0 Å². The lowest BCUT2D eigenvalue weighted by Gasteiger charge is -2.01. The van der Waals surface area contributed by atoms with Gasteiger partial charge in [0.1, 0.15) is 0 Å². The van der Waals surface area contributed by atoms with Gasteiger partial charge in [-0.3, -0.25) is 0 Å². The third kappa shape index (κ3) is 3.52. The van der Waals surface area contributed by atoms with Crippen LogP contribution in [-0.4, -0.2) is 23.4 Å². The van der Waals surface area contributed by atoms with Crippen LogP contribution in [0.5, 0.6) is 0 Å². The molecule has 0 aliphatic carbocycles. The van der Waals surface area contributed by atoms with Gasteiger partial charge >= 0.3 is 0 Å². The Morgan fingerprint density at radius 2 is 1.78 bits per heavy atom. The van der Waals surface area contributed by atoms with Crippen LogP contribution in [0.3, 0.4) is 0 Å². The number of primary sulfonamides is 1. The maximum Gasteiger partial charge on any atom is 0.238 e. The Labute approximate surface area is 137 Å². The fourth-order valence-electron chi connectivity index (χ4n) is 1.97. The van der Waals surface area contributed by atoms with Gasteiger partial charge in [-0.15, -0.1) is 0 Å². The summed E-state index contributed by atoms with van der Waals surface area (Å²) in [5.74, 6) is 0.470. The number of hydrogen-bond acceptors (Lipinski definition) is 7. The topological polar surface area (TPSA) is 111 Å². The van der Waals surface area contributed by atoms with E-state index in [2.05, 4.69) is 20.3 Å². The second kappa shape index (κ2) is 6.03. The molecule has 0 fully saturated rings. The standard InChI is InChI=1S/C14H13N5O2S2/c1-9-12(10-3-5-11(6-4-10)23(15,20)21)22-14(18-9)19-13-16-7-2-8-17-13/h2-8H,1H3,(H2,15,20,21)(H,16,17,18,19). The number of aromatic nitrogens is 3. The predicted octanol–water partition coefficient (Wildman–Crippen LogP) is 2.30. The summed E-state index contributed by atoms with van der Waals surface area (Å²) in [5.41, 5.74) is 1.70. The zero-order valence-corrected chi connectivity index (χ0v) is 13.7. The van der Waals surface area contributed by atoms with Crippen molar-refractivity contribution in [3.8, 4) is 10.4 Å². The molecule has 9 heteroatoms. The lowest BCUT2D eigenvalue weighted by Crippen LogP contribution is -2.11. The average Bonchev–Trinajstić information content (AvgIpc) is 2.88. The normalized spacial score (nSPS) is 11.4. The third-order valence-electron chi connectivity index (χ3n) is 3.03. The highest BCUT2D eigenvalue weighted by Crippen LogP contribution is 2.33. The molecule has 7 nitrogen and oxygen atoms in total. The fourth-order valence-corrected chi connectivity index (χ4v) is 3.45. The lowest BCUT2D eigenvalue weighted by molar-refractivity contribution is 0.598. The Hall–Kier alpha value is -2.36. The molecule has 0 saturated heterocycles. The van der Waals surface area contributed by atoms with Crippen molar-refractivity contribution in [3.05, 3.63) is 48.4 Å². The monoisotopic (exact) mass is 347 g/mol. The second-order valence-corrected chi connectivity index (χ2v) is 7.26. The molecule has 0 radical (unpaired) electrons. The quantitative estimate of drug-likeness (QED) is 0.749. The smallest absolute Gasteiger partial charge is 0.238 e. The van der Waals surface area contributed by atoms with Crippen LogP contribution in [0.2, 0.25) is 0 Å². The first-order valence-corrected chi connectivity index (χ1v) is 8.94. The summed E-state index contributed by atoms with van der Waals surface area (Å²) >= 11 is 1.44. The Balaban J connectivity index is 1.89. The number of thiazole rings is 1. The molecule has 2 heterocycles. The molecule has 0 spiro atoms. The number of aryl methyl sites for hydroxylation is 1. The van der Waals surface area contributed by atoms with Crippen LogP contribution in [0.25, 0.3) is 10.4 Å². The van der Waals surface area contributed by atoms with Gasteiger partial charge in [-0.2, -0.15) is 0 Å². The van der Waals surface area contributed by atoms with Gasteiger partial charge in [0.05, 0.1) is 15.5 Å². The molecular formula is C14H13N5O2S2. The summed E-state index contributed by atoms with van der Waals surface area (Å²) in [6, 6.07) is 8.12. The van der Waals surface area contributed by atoms with Crippen molar-refractivity contribution in [2.24, 2.45) is 5.14 Å².